The van der Waals surface area contributed by atoms with Crippen molar-refractivity contribution in [3.63, 3.8) is 0 Å². The zero-order chi connectivity index (χ0) is 14.4. The summed E-state index contributed by atoms with van der Waals surface area (Å²) in [7, 11) is 0. The van der Waals surface area contributed by atoms with Crippen LogP contribution in [0.15, 0.2) is 24.3 Å². The minimum absolute atomic E-state index is 0.147. The van der Waals surface area contributed by atoms with Crippen LogP contribution in [0.5, 0.6) is 0 Å². The summed E-state index contributed by atoms with van der Waals surface area (Å²) in [5, 5.41) is 11.9. The highest BCUT2D eigenvalue weighted by Crippen LogP contribution is 2.23. The van der Waals surface area contributed by atoms with Crippen LogP contribution in [0.1, 0.15) is 50.2 Å². The predicted octanol–water partition coefficient (Wildman–Crippen LogP) is 3.19. The lowest BCUT2D eigenvalue weighted by Crippen LogP contribution is -2.37. The fraction of sp³-hybridized carbons (Fsp3) is 0.529. The molecule has 0 atom stereocenters. The first-order chi connectivity index (χ1) is 9.67. The Morgan fingerprint density at radius 3 is 2.50 bits per heavy atom. The standard InChI is InChI=1S/C17H22N2O/c1-13-2-9-16(10-3-13)19-17(20)11-8-14-4-6-15(12-18)7-5-14/h4-7,13,16H,2-3,8-11H2,1H3,(H,19,20). The molecule has 1 aromatic carbocycles. The third kappa shape index (κ3) is 4.38. The number of benzene rings is 1. The van der Waals surface area contributed by atoms with Crippen LogP contribution in [-0.4, -0.2) is 11.9 Å². The first kappa shape index (κ1) is 14.6. The Morgan fingerprint density at radius 2 is 1.90 bits per heavy atom. The second-order valence-corrected chi connectivity index (χ2v) is 5.83. The number of hydrogen-bond donors (Lipinski definition) is 1. The van der Waals surface area contributed by atoms with Crippen LogP contribution in [-0.2, 0) is 11.2 Å². The van der Waals surface area contributed by atoms with Gasteiger partial charge >= 0.3 is 0 Å². The average molecular weight is 270 g/mol. The molecule has 0 heterocycles. The number of nitriles is 1. The molecule has 0 aliphatic heterocycles. The number of amides is 1. The molecule has 1 N–H and O–H groups in total. The fourth-order valence-corrected chi connectivity index (χ4v) is 2.71. The summed E-state index contributed by atoms with van der Waals surface area (Å²) in [5.41, 5.74) is 1.77. The van der Waals surface area contributed by atoms with E-state index in [1.165, 1.54) is 12.8 Å². The molecule has 20 heavy (non-hydrogen) atoms. The molecule has 1 fully saturated rings. The zero-order valence-corrected chi connectivity index (χ0v) is 12.1. The molecular weight excluding hydrogens is 248 g/mol. The van der Waals surface area contributed by atoms with Crippen LogP contribution < -0.4 is 5.32 Å². The van der Waals surface area contributed by atoms with Crippen LogP contribution in [0.3, 0.4) is 0 Å². The molecule has 1 aliphatic carbocycles. The highest BCUT2D eigenvalue weighted by molar-refractivity contribution is 5.76. The lowest BCUT2D eigenvalue weighted by atomic mass is 9.87. The highest BCUT2D eigenvalue weighted by Gasteiger charge is 2.19. The third-order valence-corrected chi connectivity index (χ3v) is 4.10. The van der Waals surface area contributed by atoms with Crippen molar-refractivity contribution >= 4 is 5.91 Å². The minimum atomic E-state index is 0.147. The molecule has 0 aromatic heterocycles. The van der Waals surface area contributed by atoms with Gasteiger partial charge in [0.1, 0.15) is 0 Å². The fourth-order valence-electron chi connectivity index (χ4n) is 2.71. The molecule has 0 saturated heterocycles. The van der Waals surface area contributed by atoms with E-state index in [4.69, 9.17) is 5.26 Å². The summed E-state index contributed by atoms with van der Waals surface area (Å²) in [6.45, 7) is 2.28. The Hall–Kier alpha value is -1.82. The van der Waals surface area contributed by atoms with Gasteiger partial charge in [-0.1, -0.05) is 19.1 Å². The van der Waals surface area contributed by atoms with Gasteiger partial charge in [-0.15, -0.1) is 0 Å². The zero-order valence-electron chi connectivity index (χ0n) is 12.1. The van der Waals surface area contributed by atoms with Gasteiger partial charge in [-0.2, -0.15) is 5.26 Å². The van der Waals surface area contributed by atoms with Gasteiger partial charge in [0, 0.05) is 12.5 Å². The maximum absolute atomic E-state index is 11.9. The van der Waals surface area contributed by atoms with E-state index in [9.17, 15) is 4.79 Å². The summed E-state index contributed by atoms with van der Waals surface area (Å²) < 4.78 is 0. The van der Waals surface area contributed by atoms with Crippen LogP contribution in [0.4, 0.5) is 0 Å². The second-order valence-electron chi connectivity index (χ2n) is 5.83. The largest absolute Gasteiger partial charge is 0.353 e. The molecule has 1 aromatic rings. The van der Waals surface area contributed by atoms with Crippen molar-refractivity contribution in [2.75, 3.05) is 0 Å². The van der Waals surface area contributed by atoms with Crippen LogP contribution >= 0.6 is 0 Å². The molecule has 0 bridgehead atoms. The topological polar surface area (TPSA) is 52.9 Å². The Labute approximate surface area is 121 Å². The maximum atomic E-state index is 11.9. The maximum Gasteiger partial charge on any atom is 0.220 e. The SMILES string of the molecule is CC1CCC(NC(=O)CCc2ccc(C#N)cc2)CC1. The van der Waals surface area contributed by atoms with E-state index in [1.807, 2.05) is 12.1 Å². The number of nitrogens with zero attached hydrogens (tertiary/aromatic N) is 1. The van der Waals surface area contributed by atoms with Crippen molar-refractivity contribution in [1.29, 1.82) is 5.26 Å². The summed E-state index contributed by atoms with van der Waals surface area (Å²) in [5.74, 6) is 0.954. The summed E-state index contributed by atoms with van der Waals surface area (Å²) in [4.78, 5) is 11.9. The van der Waals surface area contributed by atoms with E-state index in [0.29, 0.717) is 18.0 Å². The van der Waals surface area contributed by atoms with Gasteiger partial charge in [0.2, 0.25) is 5.91 Å². The Kier molecular flexibility index (Phi) is 5.17. The van der Waals surface area contributed by atoms with Crippen LogP contribution in [0.2, 0.25) is 0 Å². The van der Waals surface area contributed by atoms with Gasteiger partial charge in [0.25, 0.3) is 0 Å². The molecule has 3 nitrogen and oxygen atoms in total. The number of aryl methyl sites for hydroxylation is 1. The third-order valence-electron chi connectivity index (χ3n) is 4.10. The van der Waals surface area contributed by atoms with Crippen molar-refractivity contribution in [2.24, 2.45) is 5.92 Å². The first-order valence-corrected chi connectivity index (χ1v) is 7.46. The molecule has 0 radical (unpaired) electrons. The number of rotatable bonds is 4. The van der Waals surface area contributed by atoms with Crippen molar-refractivity contribution in [2.45, 2.75) is 51.5 Å². The summed E-state index contributed by atoms with van der Waals surface area (Å²) in [6, 6.07) is 9.92. The lowest BCUT2D eigenvalue weighted by molar-refractivity contribution is -0.122. The quantitative estimate of drug-likeness (QED) is 0.913. The van der Waals surface area contributed by atoms with Crippen molar-refractivity contribution < 1.29 is 4.79 Å². The lowest BCUT2D eigenvalue weighted by Gasteiger charge is -2.26. The summed E-state index contributed by atoms with van der Waals surface area (Å²) >= 11 is 0. The molecule has 1 amide bonds. The molecule has 3 heteroatoms. The van der Waals surface area contributed by atoms with E-state index < -0.39 is 0 Å². The predicted molar refractivity (Wildman–Crippen MR) is 79.0 cm³/mol. The van der Waals surface area contributed by atoms with Crippen LogP contribution in [0, 0.1) is 17.2 Å². The van der Waals surface area contributed by atoms with E-state index in [0.717, 1.165) is 30.7 Å². The molecular formula is C17H22N2O. The molecule has 1 aliphatic rings. The minimum Gasteiger partial charge on any atom is -0.353 e. The Morgan fingerprint density at radius 1 is 1.25 bits per heavy atom. The molecule has 0 unspecified atom stereocenters. The molecule has 1 saturated carbocycles. The van der Waals surface area contributed by atoms with Gasteiger partial charge in [0.05, 0.1) is 11.6 Å². The van der Waals surface area contributed by atoms with Crippen LogP contribution in [0.25, 0.3) is 0 Å². The van der Waals surface area contributed by atoms with Gasteiger partial charge in [0.15, 0.2) is 0 Å². The molecule has 106 valence electrons. The van der Waals surface area contributed by atoms with E-state index in [-0.39, 0.29) is 5.91 Å². The monoisotopic (exact) mass is 270 g/mol. The highest BCUT2D eigenvalue weighted by atomic mass is 16.1. The number of hydrogen-bond acceptors (Lipinski definition) is 2. The van der Waals surface area contributed by atoms with Gasteiger partial charge in [-0.3, -0.25) is 4.79 Å². The van der Waals surface area contributed by atoms with Gasteiger partial charge < -0.3 is 5.32 Å². The molecule has 2 rings (SSSR count). The first-order valence-electron chi connectivity index (χ1n) is 7.46. The van der Waals surface area contributed by atoms with E-state index in [2.05, 4.69) is 18.3 Å². The molecule has 0 spiro atoms. The van der Waals surface area contributed by atoms with E-state index in [1.54, 1.807) is 12.1 Å². The normalized spacial score (nSPS) is 22.0. The van der Waals surface area contributed by atoms with Crippen molar-refractivity contribution in [3.05, 3.63) is 35.4 Å². The second kappa shape index (κ2) is 7.09. The number of nitrogens with one attached hydrogen (secondary N) is 1. The average Bonchev–Trinajstić information content (AvgIpc) is 2.48. The van der Waals surface area contributed by atoms with Gasteiger partial charge in [-0.25, -0.2) is 0 Å². The summed E-state index contributed by atoms with van der Waals surface area (Å²) in [6.07, 6.45) is 5.94. The van der Waals surface area contributed by atoms with Gasteiger partial charge in [-0.05, 0) is 55.7 Å². The number of carbonyl (C=O) groups is 1. The van der Waals surface area contributed by atoms with E-state index >= 15 is 0 Å². The van der Waals surface area contributed by atoms with Crippen molar-refractivity contribution in [3.8, 4) is 6.07 Å². The number of carbonyl (C=O) groups excluding carboxylic acids is 1. The smallest absolute Gasteiger partial charge is 0.220 e. The Balaban J connectivity index is 1.73. The van der Waals surface area contributed by atoms with Crippen molar-refractivity contribution in [1.82, 2.24) is 5.32 Å². The Bertz CT molecular complexity index is 479.